The van der Waals surface area contributed by atoms with Gasteiger partial charge in [0.15, 0.2) is 11.8 Å². The first-order valence-electron chi connectivity index (χ1n) is 9.89. The number of fused-ring (bicyclic) bond motifs is 1. The number of nitrogens with zero attached hydrogens (tertiary/aromatic N) is 4. The van der Waals surface area contributed by atoms with Crippen molar-refractivity contribution in [1.82, 2.24) is 25.4 Å². The molecular formula is C20H27BrN6. The summed E-state index contributed by atoms with van der Waals surface area (Å²) in [6, 6.07) is 8.66. The zero-order valence-electron chi connectivity index (χ0n) is 15.8. The molecule has 7 heteroatoms. The molecule has 1 aliphatic carbocycles. The molecule has 2 N–H and O–H groups in total. The molecule has 27 heavy (non-hydrogen) atoms. The van der Waals surface area contributed by atoms with Crippen molar-refractivity contribution in [1.29, 1.82) is 0 Å². The van der Waals surface area contributed by atoms with Crippen LogP contribution in [0.1, 0.15) is 49.8 Å². The number of hydrogen-bond donors (Lipinski definition) is 2. The van der Waals surface area contributed by atoms with Crippen molar-refractivity contribution in [2.45, 2.75) is 57.5 Å². The normalized spacial score (nSPS) is 18.1. The topological polar surface area (TPSA) is 67.1 Å². The van der Waals surface area contributed by atoms with Crippen LogP contribution in [0.15, 0.2) is 33.7 Å². The summed E-state index contributed by atoms with van der Waals surface area (Å²) in [5.74, 6) is 2.93. The van der Waals surface area contributed by atoms with Gasteiger partial charge < -0.3 is 15.2 Å². The van der Waals surface area contributed by atoms with Gasteiger partial charge in [0.05, 0.1) is 0 Å². The van der Waals surface area contributed by atoms with E-state index in [2.05, 4.69) is 72.5 Å². The molecule has 2 aliphatic rings. The van der Waals surface area contributed by atoms with Gasteiger partial charge in [-0.05, 0) is 50.3 Å². The van der Waals surface area contributed by atoms with Crippen molar-refractivity contribution in [2.75, 3.05) is 13.1 Å². The van der Waals surface area contributed by atoms with E-state index in [0.717, 1.165) is 48.1 Å². The Morgan fingerprint density at radius 2 is 2.15 bits per heavy atom. The Kier molecular flexibility index (Phi) is 5.48. The van der Waals surface area contributed by atoms with E-state index < -0.39 is 0 Å². The summed E-state index contributed by atoms with van der Waals surface area (Å²) in [4.78, 5) is 4.77. The predicted octanol–water partition coefficient (Wildman–Crippen LogP) is 3.16. The molecule has 1 saturated carbocycles. The molecular weight excluding hydrogens is 404 g/mol. The first-order chi connectivity index (χ1) is 13.2. The molecule has 2 heterocycles. The number of benzene rings is 1. The van der Waals surface area contributed by atoms with Gasteiger partial charge in [0.1, 0.15) is 12.4 Å². The maximum atomic E-state index is 4.77. The Bertz CT molecular complexity index is 824. The lowest BCUT2D eigenvalue weighted by Gasteiger charge is -2.19. The lowest BCUT2D eigenvalue weighted by atomic mass is 9.96. The fourth-order valence-corrected chi connectivity index (χ4v) is 4.17. The summed E-state index contributed by atoms with van der Waals surface area (Å²) >= 11 is 3.59. The molecule has 0 spiro atoms. The number of hydrogen-bond acceptors (Lipinski definition) is 3. The monoisotopic (exact) mass is 430 g/mol. The number of aryl methyl sites for hydroxylation is 1. The Hall–Kier alpha value is -1.89. The summed E-state index contributed by atoms with van der Waals surface area (Å²) in [6.07, 6.45) is 5.88. The largest absolute Gasteiger partial charge is 0.357 e. The van der Waals surface area contributed by atoms with Crippen molar-refractivity contribution in [3.63, 3.8) is 0 Å². The smallest absolute Gasteiger partial charge is 0.191 e. The van der Waals surface area contributed by atoms with Crippen LogP contribution < -0.4 is 10.6 Å². The molecule has 1 aromatic heterocycles. The van der Waals surface area contributed by atoms with Crippen molar-refractivity contribution in [2.24, 2.45) is 4.99 Å². The highest BCUT2D eigenvalue weighted by Crippen LogP contribution is 2.48. The highest BCUT2D eigenvalue weighted by atomic mass is 79.9. The predicted molar refractivity (Wildman–Crippen MR) is 111 cm³/mol. The number of aliphatic imine (C=N–C) groups is 1. The average molecular weight is 431 g/mol. The van der Waals surface area contributed by atoms with Gasteiger partial charge >= 0.3 is 0 Å². The minimum absolute atomic E-state index is 0.230. The third-order valence-electron chi connectivity index (χ3n) is 5.54. The van der Waals surface area contributed by atoms with E-state index in [0.29, 0.717) is 6.54 Å². The van der Waals surface area contributed by atoms with Crippen molar-refractivity contribution in [3.05, 3.63) is 46.0 Å². The molecule has 0 radical (unpaired) electrons. The highest BCUT2D eigenvalue weighted by molar-refractivity contribution is 9.10. The van der Waals surface area contributed by atoms with Gasteiger partial charge in [0.2, 0.25) is 0 Å². The van der Waals surface area contributed by atoms with E-state index in [1.807, 2.05) is 0 Å². The van der Waals surface area contributed by atoms with Crippen LogP contribution in [0.5, 0.6) is 0 Å². The van der Waals surface area contributed by atoms with Gasteiger partial charge in [-0.25, -0.2) is 4.99 Å². The van der Waals surface area contributed by atoms with Gasteiger partial charge in [0.25, 0.3) is 0 Å². The molecule has 0 bridgehead atoms. The number of nitrogens with one attached hydrogen (secondary N) is 2. The van der Waals surface area contributed by atoms with Crippen LogP contribution in [0.25, 0.3) is 0 Å². The number of halogens is 1. The van der Waals surface area contributed by atoms with E-state index in [-0.39, 0.29) is 5.41 Å². The summed E-state index contributed by atoms with van der Waals surface area (Å²) in [5, 5.41) is 15.6. The summed E-state index contributed by atoms with van der Waals surface area (Å²) in [5.41, 5.74) is 1.63. The molecule has 2 aromatic rings. The van der Waals surface area contributed by atoms with Gasteiger partial charge in [-0.1, -0.05) is 28.1 Å². The SMILES string of the molecule is CCNC(=NCc1nnc2n1CCCC2)NCC1(c2cccc(Br)c2)CC1. The van der Waals surface area contributed by atoms with Crippen LogP contribution in [0.4, 0.5) is 0 Å². The Labute approximate surface area is 169 Å². The van der Waals surface area contributed by atoms with E-state index in [9.17, 15) is 0 Å². The Morgan fingerprint density at radius 1 is 1.26 bits per heavy atom. The lowest BCUT2D eigenvalue weighted by Crippen LogP contribution is -2.41. The fourth-order valence-electron chi connectivity index (χ4n) is 3.77. The zero-order chi connectivity index (χ0) is 18.7. The van der Waals surface area contributed by atoms with Crippen LogP contribution in [0.2, 0.25) is 0 Å². The van der Waals surface area contributed by atoms with E-state index in [4.69, 9.17) is 4.99 Å². The summed E-state index contributed by atoms with van der Waals surface area (Å²) < 4.78 is 3.38. The zero-order valence-corrected chi connectivity index (χ0v) is 17.4. The number of rotatable bonds is 6. The van der Waals surface area contributed by atoms with E-state index in [1.54, 1.807) is 0 Å². The molecule has 0 saturated heterocycles. The van der Waals surface area contributed by atoms with Gasteiger partial charge in [-0.15, -0.1) is 10.2 Å². The molecule has 0 atom stereocenters. The molecule has 4 rings (SSSR count). The van der Waals surface area contributed by atoms with Crippen LogP contribution in [0, 0.1) is 0 Å². The number of guanidine groups is 1. The third kappa shape index (κ3) is 4.18. The van der Waals surface area contributed by atoms with Gasteiger partial charge in [0, 0.05) is 35.9 Å². The Morgan fingerprint density at radius 3 is 2.93 bits per heavy atom. The minimum Gasteiger partial charge on any atom is -0.357 e. The fraction of sp³-hybridized carbons (Fsp3) is 0.550. The summed E-state index contributed by atoms with van der Waals surface area (Å²) in [7, 11) is 0. The van der Waals surface area contributed by atoms with Crippen molar-refractivity contribution >= 4 is 21.9 Å². The van der Waals surface area contributed by atoms with Crippen LogP contribution >= 0.6 is 15.9 Å². The van der Waals surface area contributed by atoms with Gasteiger partial charge in [-0.2, -0.15) is 0 Å². The quantitative estimate of drug-likeness (QED) is 0.545. The van der Waals surface area contributed by atoms with E-state index >= 15 is 0 Å². The maximum Gasteiger partial charge on any atom is 0.191 e. The average Bonchev–Trinajstić information content (AvgIpc) is 3.37. The molecule has 1 aromatic carbocycles. The number of aromatic nitrogens is 3. The first kappa shape index (κ1) is 18.5. The maximum absolute atomic E-state index is 4.77. The Balaban J connectivity index is 1.42. The van der Waals surface area contributed by atoms with E-state index in [1.165, 1.54) is 31.2 Å². The molecule has 1 fully saturated rings. The molecule has 6 nitrogen and oxygen atoms in total. The summed E-state index contributed by atoms with van der Waals surface area (Å²) in [6.45, 7) is 5.41. The molecule has 1 aliphatic heterocycles. The lowest BCUT2D eigenvalue weighted by molar-refractivity contribution is 0.508. The second-order valence-corrected chi connectivity index (χ2v) is 8.40. The third-order valence-corrected chi connectivity index (χ3v) is 6.04. The molecule has 144 valence electrons. The standard InChI is InChI=1S/C20H27BrN6/c1-2-22-19(23-13-18-26-25-17-8-3-4-11-27(17)18)24-14-20(9-10-20)15-6-5-7-16(21)12-15/h5-7,12H,2-4,8-11,13-14H2,1H3,(H2,22,23,24). The first-order valence-corrected chi connectivity index (χ1v) is 10.7. The second-order valence-electron chi connectivity index (χ2n) is 7.48. The van der Waals surface area contributed by atoms with Gasteiger partial charge in [-0.3, -0.25) is 0 Å². The molecule has 0 unspecified atom stereocenters. The highest BCUT2D eigenvalue weighted by Gasteiger charge is 2.44. The van der Waals surface area contributed by atoms with Crippen LogP contribution in [-0.2, 0) is 24.9 Å². The second kappa shape index (κ2) is 8.00. The minimum atomic E-state index is 0.230. The molecule has 0 amide bonds. The van der Waals surface area contributed by atoms with Crippen LogP contribution in [-0.4, -0.2) is 33.8 Å². The van der Waals surface area contributed by atoms with Crippen molar-refractivity contribution < 1.29 is 0 Å². The van der Waals surface area contributed by atoms with Crippen molar-refractivity contribution in [3.8, 4) is 0 Å². The van der Waals surface area contributed by atoms with Crippen LogP contribution in [0.3, 0.4) is 0 Å².